The second-order valence-corrected chi connectivity index (χ2v) is 8.78. The number of fused-ring (bicyclic) bond motifs is 1. The minimum Gasteiger partial charge on any atom is -0.496 e. The van der Waals surface area contributed by atoms with Crippen molar-refractivity contribution in [2.75, 3.05) is 19.6 Å². The molecule has 0 radical (unpaired) electrons. The van der Waals surface area contributed by atoms with E-state index in [2.05, 4.69) is 11.8 Å². The molecule has 0 amide bonds. The number of nitrogens with zero attached hydrogens (tertiary/aromatic N) is 1. The highest BCUT2D eigenvalue weighted by molar-refractivity contribution is 6.35. The Morgan fingerprint density at radius 3 is 2.67 bits per heavy atom. The minimum atomic E-state index is -0.409. The number of Topliss-reactive ketones (excluding diaryl/α,β-unsaturated/α-hetero) is 1. The van der Waals surface area contributed by atoms with Crippen molar-refractivity contribution >= 4 is 23.0 Å². The van der Waals surface area contributed by atoms with Crippen molar-refractivity contribution < 1.29 is 14.6 Å². The third kappa shape index (κ3) is 3.80. The van der Waals surface area contributed by atoms with Gasteiger partial charge in [-0.1, -0.05) is 36.7 Å². The maximum atomic E-state index is 13.2. The standard InChI is InChI=1S/C22H28ClNO3/c1-14-8-10-24(11-9-14)12-17-20(25)7-6-16-21(26)18(13-27-22(16)17)15-4-2-3-5-19(15)23/h2-5,13-14,16-17,20,22,25H,6-12H2,1H3. The van der Waals surface area contributed by atoms with Crippen LogP contribution in [0.15, 0.2) is 30.5 Å². The fraction of sp³-hybridized carbons (Fsp3) is 0.591. The highest BCUT2D eigenvalue weighted by atomic mass is 35.5. The van der Waals surface area contributed by atoms with Crippen molar-refractivity contribution in [1.82, 2.24) is 4.90 Å². The Labute approximate surface area is 166 Å². The maximum Gasteiger partial charge on any atom is 0.173 e. The van der Waals surface area contributed by atoms with Gasteiger partial charge in [0.15, 0.2) is 5.78 Å². The number of piperidine rings is 1. The zero-order valence-corrected chi connectivity index (χ0v) is 16.6. The molecule has 4 nitrogen and oxygen atoms in total. The number of ether oxygens (including phenoxy) is 1. The second kappa shape index (κ2) is 7.94. The molecule has 4 unspecified atom stereocenters. The molecule has 2 fully saturated rings. The lowest BCUT2D eigenvalue weighted by Crippen LogP contribution is -2.52. The molecular weight excluding hydrogens is 362 g/mol. The zero-order valence-electron chi connectivity index (χ0n) is 15.8. The van der Waals surface area contributed by atoms with Crippen LogP contribution in [0.3, 0.4) is 0 Å². The molecule has 2 heterocycles. The summed E-state index contributed by atoms with van der Waals surface area (Å²) in [6, 6.07) is 7.39. The predicted octanol–water partition coefficient (Wildman–Crippen LogP) is 3.77. The summed E-state index contributed by atoms with van der Waals surface area (Å²) in [6.07, 6.45) is 4.65. The van der Waals surface area contributed by atoms with Gasteiger partial charge in [-0.25, -0.2) is 0 Å². The molecule has 4 rings (SSSR count). The summed E-state index contributed by atoms with van der Waals surface area (Å²) in [7, 11) is 0. The second-order valence-electron chi connectivity index (χ2n) is 8.37. The van der Waals surface area contributed by atoms with Crippen molar-refractivity contribution in [3.8, 4) is 0 Å². The number of carbonyl (C=O) groups excluding carboxylic acids is 1. The van der Waals surface area contributed by atoms with Crippen LogP contribution in [0, 0.1) is 17.8 Å². The van der Waals surface area contributed by atoms with Gasteiger partial charge in [0.1, 0.15) is 6.10 Å². The van der Waals surface area contributed by atoms with Gasteiger partial charge in [-0.15, -0.1) is 0 Å². The Balaban J connectivity index is 1.53. The van der Waals surface area contributed by atoms with Crippen LogP contribution >= 0.6 is 11.6 Å². The molecular formula is C22H28ClNO3. The van der Waals surface area contributed by atoms with Crippen LogP contribution in [0.4, 0.5) is 0 Å². The lowest BCUT2D eigenvalue weighted by atomic mass is 9.72. The number of halogens is 1. The number of aliphatic hydroxyl groups is 1. The molecule has 1 saturated carbocycles. The van der Waals surface area contributed by atoms with E-state index in [1.807, 2.05) is 18.2 Å². The van der Waals surface area contributed by atoms with Crippen molar-refractivity contribution in [2.45, 2.75) is 44.8 Å². The molecule has 0 aromatic heterocycles. The highest BCUT2D eigenvalue weighted by Crippen LogP contribution is 2.41. The van der Waals surface area contributed by atoms with E-state index in [0.717, 1.165) is 31.1 Å². The number of hydrogen-bond acceptors (Lipinski definition) is 4. The molecule has 3 aliphatic rings. The van der Waals surface area contributed by atoms with E-state index in [-0.39, 0.29) is 23.7 Å². The Bertz CT molecular complexity index is 726. The molecule has 4 atom stereocenters. The van der Waals surface area contributed by atoms with Gasteiger partial charge in [0.05, 0.1) is 23.9 Å². The first-order chi connectivity index (χ1) is 13.0. The van der Waals surface area contributed by atoms with Crippen LogP contribution in [-0.4, -0.2) is 47.6 Å². The largest absolute Gasteiger partial charge is 0.496 e. The summed E-state index contributed by atoms with van der Waals surface area (Å²) in [5, 5.41) is 11.2. The summed E-state index contributed by atoms with van der Waals surface area (Å²) < 4.78 is 6.09. The molecule has 1 N–H and O–H groups in total. The fourth-order valence-electron chi connectivity index (χ4n) is 4.77. The highest BCUT2D eigenvalue weighted by Gasteiger charge is 2.46. The van der Waals surface area contributed by atoms with Gasteiger partial charge in [0.2, 0.25) is 0 Å². The Kier molecular flexibility index (Phi) is 5.58. The molecule has 1 aliphatic carbocycles. The topological polar surface area (TPSA) is 49.8 Å². The van der Waals surface area contributed by atoms with Crippen LogP contribution in [0.5, 0.6) is 0 Å². The summed E-state index contributed by atoms with van der Waals surface area (Å²) in [6.45, 7) is 5.23. The maximum absolute atomic E-state index is 13.2. The summed E-state index contributed by atoms with van der Waals surface area (Å²) in [5.74, 6) is 0.658. The van der Waals surface area contributed by atoms with Gasteiger partial charge in [0, 0.05) is 23.0 Å². The first kappa shape index (κ1) is 19.0. The Morgan fingerprint density at radius 1 is 1.19 bits per heavy atom. The number of hydrogen-bond donors (Lipinski definition) is 1. The molecule has 1 aromatic carbocycles. The SMILES string of the molecule is CC1CCN(CC2C(O)CCC3C(=O)C(c4ccccc4Cl)=COC32)CC1. The zero-order chi connectivity index (χ0) is 19.0. The molecule has 0 bridgehead atoms. The molecule has 5 heteroatoms. The van der Waals surface area contributed by atoms with Crippen LogP contribution < -0.4 is 0 Å². The quantitative estimate of drug-likeness (QED) is 0.854. The van der Waals surface area contributed by atoms with E-state index >= 15 is 0 Å². The van der Waals surface area contributed by atoms with Crippen molar-refractivity contribution in [3.05, 3.63) is 41.1 Å². The third-order valence-electron chi connectivity index (χ3n) is 6.54. The van der Waals surface area contributed by atoms with E-state index in [0.29, 0.717) is 23.4 Å². The molecule has 1 saturated heterocycles. The van der Waals surface area contributed by atoms with Crippen LogP contribution in [0.1, 0.15) is 38.2 Å². The molecule has 2 aliphatic heterocycles. The first-order valence-electron chi connectivity index (χ1n) is 10.1. The van der Waals surface area contributed by atoms with Crippen LogP contribution in [0.2, 0.25) is 5.02 Å². The summed E-state index contributed by atoms with van der Waals surface area (Å²) in [4.78, 5) is 15.6. The summed E-state index contributed by atoms with van der Waals surface area (Å²) >= 11 is 6.30. The van der Waals surface area contributed by atoms with Gasteiger partial charge in [0.25, 0.3) is 0 Å². The Hall–Kier alpha value is -1.36. The summed E-state index contributed by atoms with van der Waals surface area (Å²) in [5.41, 5.74) is 1.29. The monoisotopic (exact) mass is 389 g/mol. The van der Waals surface area contributed by atoms with Gasteiger partial charge in [-0.05, 0) is 50.8 Å². The number of ketones is 1. The first-order valence-corrected chi connectivity index (χ1v) is 10.5. The van der Waals surface area contributed by atoms with Crippen LogP contribution in [0.25, 0.3) is 5.57 Å². The predicted molar refractivity (Wildman–Crippen MR) is 106 cm³/mol. The van der Waals surface area contributed by atoms with E-state index < -0.39 is 6.10 Å². The average Bonchev–Trinajstić information content (AvgIpc) is 2.67. The van der Waals surface area contributed by atoms with Gasteiger partial charge in [-0.3, -0.25) is 4.79 Å². The number of likely N-dealkylation sites (tertiary alicyclic amines) is 1. The molecule has 146 valence electrons. The van der Waals surface area contributed by atoms with E-state index in [1.165, 1.54) is 12.8 Å². The van der Waals surface area contributed by atoms with E-state index in [9.17, 15) is 9.90 Å². The molecule has 0 spiro atoms. The van der Waals surface area contributed by atoms with E-state index in [1.54, 1.807) is 12.3 Å². The number of aliphatic hydroxyl groups excluding tert-OH is 1. The minimum absolute atomic E-state index is 0.0230. The van der Waals surface area contributed by atoms with Crippen LogP contribution in [-0.2, 0) is 9.53 Å². The number of allylic oxidation sites excluding steroid dienone is 1. The lowest BCUT2D eigenvalue weighted by Gasteiger charge is -2.44. The number of benzene rings is 1. The molecule has 27 heavy (non-hydrogen) atoms. The van der Waals surface area contributed by atoms with Crippen molar-refractivity contribution in [3.63, 3.8) is 0 Å². The van der Waals surface area contributed by atoms with E-state index in [4.69, 9.17) is 16.3 Å². The fourth-order valence-corrected chi connectivity index (χ4v) is 5.01. The molecule has 1 aromatic rings. The van der Waals surface area contributed by atoms with Gasteiger partial charge >= 0.3 is 0 Å². The normalized spacial score (nSPS) is 32.6. The number of carbonyl (C=O) groups is 1. The number of rotatable bonds is 3. The third-order valence-corrected chi connectivity index (χ3v) is 6.87. The Morgan fingerprint density at radius 2 is 1.93 bits per heavy atom. The average molecular weight is 390 g/mol. The van der Waals surface area contributed by atoms with Gasteiger partial charge in [-0.2, -0.15) is 0 Å². The van der Waals surface area contributed by atoms with Gasteiger partial charge < -0.3 is 14.7 Å². The van der Waals surface area contributed by atoms with Crippen molar-refractivity contribution in [2.24, 2.45) is 17.8 Å². The van der Waals surface area contributed by atoms with Crippen molar-refractivity contribution in [1.29, 1.82) is 0 Å². The lowest BCUT2D eigenvalue weighted by molar-refractivity contribution is -0.133. The smallest absolute Gasteiger partial charge is 0.173 e.